The molecule has 304 valence electrons. The van der Waals surface area contributed by atoms with Crippen LogP contribution in [0.1, 0.15) is 0 Å². The van der Waals surface area contributed by atoms with Gasteiger partial charge < -0.3 is 13.7 Å². The van der Waals surface area contributed by atoms with Gasteiger partial charge in [-0.3, -0.25) is 0 Å². The normalized spacial score (nSPS) is 11.7. The molecule has 9 aromatic carbocycles. The molecule has 13 aromatic rings. The summed E-state index contributed by atoms with van der Waals surface area (Å²) in [5.41, 5.74) is 14.1. The molecule has 0 radical (unpaired) electrons. The number of rotatable bonds is 7. The second kappa shape index (κ2) is 14.9. The number of nitrogens with zero attached hydrogens (tertiary/aromatic N) is 6. The van der Waals surface area contributed by atoms with Crippen LogP contribution in [0.2, 0.25) is 0 Å². The molecular weight excluding hydrogens is 793 g/mol. The Bertz CT molecular complexity index is 3870. The SMILES string of the molecule is c1ccc(-c2nc(-c3ccccc3)nc(-c3cccc(-c4cccc(-n5c6ccccc6c6cc7c8cc9ccn(-c%10ccccc%10)c9cc8n(-c8ccccc8)c7cc65)c4)c3)n2)cc1. The molecule has 13 rings (SSSR count). The third kappa shape index (κ3) is 6.15. The van der Waals surface area contributed by atoms with Crippen molar-refractivity contribution in [3.8, 4) is 62.4 Å². The molecule has 6 nitrogen and oxygen atoms in total. The van der Waals surface area contributed by atoms with Gasteiger partial charge in [0.15, 0.2) is 17.5 Å². The van der Waals surface area contributed by atoms with E-state index >= 15 is 0 Å². The molecule has 0 N–H and O–H groups in total. The number of fused-ring (bicyclic) bond motifs is 7. The zero-order valence-corrected chi connectivity index (χ0v) is 35.1. The lowest BCUT2D eigenvalue weighted by Crippen LogP contribution is -2.00. The Labute approximate surface area is 374 Å². The molecule has 4 aromatic heterocycles. The molecule has 0 aliphatic heterocycles. The molecule has 6 heteroatoms. The average Bonchev–Trinajstić information content (AvgIpc) is 4.05. The van der Waals surface area contributed by atoms with Gasteiger partial charge in [-0.15, -0.1) is 0 Å². The van der Waals surface area contributed by atoms with Gasteiger partial charge >= 0.3 is 0 Å². The number of aromatic nitrogens is 6. The van der Waals surface area contributed by atoms with Crippen molar-refractivity contribution in [3.05, 3.63) is 231 Å². The number of hydrogen-bond acceptors (Lipinski definition) is 3. The van der Waals surface area contributed by atoms with E-state index in [2.05, 4.69) is 184 Å². The molecule has 0 spiro atoms. The summed E-state index contributed by atoms with van der Waals surface area (Å²) in [5, 5.41) is 6.09. The standard InChI is InChI=1S/C59H38N6/c1-5-17-39(18-6-1)57-60-58(40-19-7-2-8-20-40)62-59(61-57)44-23-15-21-41(33-44)42-22-16-28-47(34-42)65-52-30-14-13-29-48(52)50-36-51-49-35-43-31-32-63(45-24-9-3-10-25-45)53(43)37-54(49)64(56(51)38-55(50)65)46-26-11-4-12-27-46/h1-38H. The molecule has 65 heavy (non-hydrogen) atoms. The molecule has 0 saturated heterocycles. The van der Waals surface area contributed by atoms with E-state index in [4.69, 9.17) is 15.0 Å². The van der Waals surface area contributed by atoms with E-state index in [-0.39, 0.29) is 0 Å². The van der Waals surface area contributed by atoms with Crippen LogP contribution in [-0.2, 0) is 0 Å². The van der Waals surface area contributed by atoms with E-state index in [1.165, 1.54) is 38.0 Å². The van der Waals surface area contributed by atoms with Gasteiger partial charge in [0.25, 0.3) is 0 Å². The smallest absolute Gasteiger partial charge is 0.164 e. The Morgan fingerprint density at radius 2 is 0.723 bits per heavy atom. The van der Waals surface area contributed by atoms with Gasteiger partial charge in [0, 0.05) is 66.9 Å². The molecule has 4 heterocycles. The molecular formula is C59H38N6. The maximum Gasteiger partial charge on any atom is 0.164 e. The molecule has 0 aliphatic carbocycles. The van der Waals surface area contributed by atoms with Crippen LogP contribution >= 0.6 is 0 Å². The number of para-hydroxylation sites is 3. The Morgan fingerprint density at radius 3 is 1.40 bits per heavy atom. The topological polar surface area (TPSA) is 53.5 Å². The maximum absolute atomic E-state index is 5.03. The van der Waals surface area contributed by atoms with Crippen molar-refractivity contribution in [1.82, 2.24) is 28.7 Å². The summed E-state index contributed by atoms with van der Waals surface area (Å²) in [6, 6.07) is 79.5. The number of benzene rings is 9. The third-order valence-corrected chi connectivity index (χ3v) is 12.7. The van der Waals surface area contributed by atoms with Gasteiger partial charge in [0.1, 0.15) is 0 Å². The summed E-state index contributed by atoms with van der Waals surface area (Å²) in [4.78, 5) is 15.0. The first-order valence-corrected chi connectivity index (χ1v) is 21.9. The van der Waals surface area contributed by atoms with Crippen LogP contribution < -0.4 is 0 Å². The van der Waals surface area contributed by atoms with Crippen molar-refractivity contribution in [3.63, 3.8) is 0 Å². The fraction of sp³-hybridized carbons (Fsp3) is 0. The summed E-state index contributed by atoms with van der Waals surface area (Å²) >= 11 is 0. The van der Waals surface area contributed by atoms with E-state index < -0.39 is 0 Å². The van der Waals surface area contributed by atoms with Crippen molar-refractivity contribution in [2.75, 3.05) is 0 Å². The quantitative estimate of drug-likeness (QED) is 0.161. The minimum atomic E-state index is 0.630. The van der Waals surface area contributed by atoms with E-state index in [9.17, 15) is 0 Å². The summed E-state index contributed by atoms with van der Waals surface area (Å²) in [7, 11) is 0. The van der Waals surface area contributed by atoms with Crippen molar-refractivity contribution >= 4 is 54.5 Å². The lowest BCUT2D eigenvalue weighted by molar-refractivity contribution is 1.07. The lowest BCUT2D eigenvalue weighted by Gasteiger charge is -2.12. The molecule has 0 atom stereocenters. The van der Waals surface area contributed by atoms with Crippen LogP contribution in [0.5, 0.6) is 0 Å². The van der Waals surface area contributed by atoms with Crippen molar-refractivity contribution in [1.29, 1.82) is 0 Å². The van der Waals surface area contributed by atoms with Crippen LogP contribution in [0.4, 0.5) is 0 Å². The van der Waals surface area contributed by atoms with E-state index in [1.54, 1.807) is 0 Å². The van der Waals surface area contributed by atoms with Crippen LogP contribution in [0, 0.1) is 0 Å². The highest BCUT2D eigenvalue weighted by Gasteiger charge is 2.21. The minimum Gasteiger partial charge on any atom is -0.316 e. The highest BCUT2D eigenvalue weighted by Crippen LogP contribution is 2.42. The van der Waals surface area contributed by atoms with E-state index in [0.717, 1.165) is 61.4 Å². The fourth-order valence-corrected chi connectivity index (χ4v) is 9.65. The molecule has 0 saturated carbocycles. The first kappa shape index (κ1) is 36.8. The summed E-state index contributed by atoms with van der Waals surface area (Å²) in [6.45, 7) is 0. The van der Waals surface area contributed by atoms with Gasteiger partial charge in [-0.05, 0) is 90.0 Å². The minimum absolute atomic E-state index is 0.630. The fourth-order valence-electron chi connectivity index (χ4n) is 9.65. The molecule has 0 fully saturated rings. The highest BCUT2D eigenvalue weighted by atomic mass is 15.0. The highest BCUT2D eigenvalue weighted by molar-refractivity contribution is 6.20. The van der Waals surface area contributed by atoms with Crippen LogP contribution in [0.15, 0.2) is 231 Å². The maximum atomic E-state index is 5.03. The first-order chi connectivity index (χ1) is 32.2. The van der Waals surface area contributed by atoms with Crippen LogP contribution in [0.3, 0.4) is 0 Å². The second-order valence-corrected chi connectivity index (χ2v) is 16.5. The average molecular weight is 831 g/mol. The second-order valence-electron chi connectivity index (χ2n) is 16.5. The Kier molecular flexibility index (Phi) is 8.42. The lowest BCUT2D eigenvalue weighted by atomic mass is 10.0. The van der Waals surface area contributed by atoms with Gasteiger partial charge in [0.2, 0.25) is 0 Å². The van der Waals surface area contributed by atoms with Crippen molar-refractivity contribution in [2.24, 2.45) is 0 Å². The monoisotopic (exact) mass is 830 g/mol. The number of hydrogen-bond donors (Lipinski definition) is 0. The molecule has 0 aliphatic rings. The van der Waals surface area contributed by atoms with Gasteiger partial charge in [-0.1, -0.05) is 146 Å². The van der Waals surface area contributed by atoms with Crippen molar-refractivity contribution in [2.45, 2.75) is 0 Å². The molecule has 0 bridgehead atoms. The Morgan fingerprint density at radius 1 is 0.262 bits per heavy atom. The molecule has 0 unspecified atom stereocenters. The van der Waals surface area contributed by atoms with Gasteiger partial charge in [-0.2, -0.15) is 0 Å². The third-order valence-electron chi connectivity index (χ3n) is 12.7. The first-order valence-electron chi connectivity index (χ1n) is 21.9. The summed E-state index contributed by atoms with van der Waals surface area (Å²) in [6.07, 6.45) is 2.18. The summed E-state index contributed by atoms with van der Waals surface area (Å²) < 4.78 is 7.15. The largest absolute Gasteiger partial charge is 0.316 e. The predicted octanol–water partition coefficient (Wildman–Crippen LogP) is 14.7. The van der Waals surface area contributed by atoms with Crippen LogP contribution in [0.25, 0.3) is 117 Å². The van der Waals surface area contributed by atoms with E-state index in [1.807, 2.05) is 60.7 Å². The van der Waals surface area contributed by atoms with Gasteiger partial charge in [-0.25, -0.2) is 15.0 Å². The summed E-state index contributed by atoms with van der Waals surface area (Å²) in [5.74, 6) is 1.91. The zero-order chi connectivity index (χ0) is 42.8. The van der Waals surface area contributed by atoms with Crippen molar-refractivity contribution < 1.29 is 0 Å². The van der Waals surface area contributed by atoms with E-state index in [0.29, 0.717) is 17.5 Å². The Hall–Kier alpha value is -8.87. The van der Waals surface area contributed by atoms with Crippen LogP contribution in [-0.4, -0.2) is 28.7 Å². The van der Waals surface area contributed by atoms with Gasteiger partial charge in [0.05, 0.1) is 27.6 Å². The molecule has 0 amide bonds. The zero-order valence-electron chi connectivity index (χ0n) is 35.1. The predicted molar refractivity (Wildman–Crippen MR) is 267 cm³/mol. The Balaban J connectivity index is 0.985.